The average Bonchev–Trinajstić information content (AvgIpc) is 2.39. The van der Waals surface area contributed by atoms with Gasteiger partial charge >= 0.3 is 0 Å². The van der Waals surface area contributed by atoms with Crippen molar-refractivity contribution in [3.05, 3.63) is 0 Å². The van der Waals surface area contributed by atoms with Crippen LogP contribution in [0.15, 0.2) is 0 Å². The summed E-state index contributed by atoms with van der Waals surface area (Å²) in [6.45, 7) is 2.27. The van der Waals surface area contributed by atoms with E-state index < -0.39 is 10.2 Å². The standard InChI is InChI=1S/C11H22N2O4S/c14-9-10-2-1-5-13(8-10)18(15,16)12-11-3-6-17-7-4-11/h10-12,14H,1-9H2. The molecule has 0 saturated carbocycles. The molecule has 2 rings (SSSR count). The zero-order valence-corrected chi connectivity index (χ0v) is 11.4. The van der Waals surface area contributed by atoms with Crippen molar-refractivity contribution in [3.8, 4) is 0 Å². The van der Waals surface area contributed by atoms with Crippen molar-refractivity contribution in [3.63, 3.8) is 0 Å². The van der Waals surface area contributed by atoms with Crippen molar-refractivity contribution in [2.24, 2.45) is 5.92 Å². The fourth-order valence-electron chi connectivity index (χ4n) is 2.49. The van der Waals surface area contributed by atoms with Crippen LogP contribution >= 0.6 is 0 Å². The third-order valence-corrected chi connectivity index (χ3v) is 5.26. The second kappa shape index (κ2) is 6.29. The van der Waals surface area contributed by atoms with Crippen LogP contribution < -0.4 is 4.72 Å². The zero-order valence-electron chi connectivity index (χ0n) is 10.5. The molecule has 0 aromatic carbocycles. The van der Waals surface area contributed by atoms with Crippen LogP contribution in [0.3, 0.4) is 0 Å². The van der Waals surface area contributed by atoms with Gasteiger partial charge in [0.1, 0.15) is 0 Å². The van der Waals surface area contributed by atoms with Gasteiger partial charge in [0.05, 0.1) is 0 Å². The summed E-state index contributed by atoms with van der Waals surface area (Å²) in [6.07, 6.45) is 3.19. The lowest BCUT2D eigenvalue weighted by molar-refractivity contribution is 0.0824. The summed E-state index contributed by atoms with van der Waals surface area (Å²) >= 11 is 0. The molecule has 1 unspecified atom stereocenters. The van der Waals surface area contributed by atoms with Gasteiger partial charge in [-0.05, 0) is 31.6 Å². The molecule has 2 fully saturated rings. The largest absolute Gasteiger partial charge is 0.396 e. The van der Waals surface area contributed by atoms with Gasteiger partial charge in [-0.15, -0.1) is 0 Å². The fraction of sp³-hybridized carbons (Fsp3) is 1.00. The second-order valence-corrected chi connectivity index (χ2v) is 6.76. The first-order chi connectivity index (χ1) is 8.62. The maximum atomic E-state index is 12.2. The predicted octanol–water partition coefficient (Wildman–Crippen LogP) is -0.296. The molecular weight excluding hydrogens is 256 g/mol. The Balaban J connectivity index is 1.92. The molecule has 0 aliphatic carbocycles. The molecule has 2 N–H and O–H groups in total. The van der Waals surface area contributed by atoms with Crippen LogP contribution in [0, 0.1) is 5.92 Å². The number of hydrogen-bond acceptors (Lipinski definition) is 4. The van der Waals surface area contributed by atoms with Gasteiger partial charge in [0.2, 0.25) is 0 Å². The topological polar surface area (TPSA) is 78.9 Å². The molecule has 0 aromatic rings. The summed E-state index contributed by atoms with van der Waals surface area (Å²) in [5.74, 6) is 0.0741. The van der Waals surface area contributed by atoms with E-state index in [0.717, 1.165) is 25.7 Å². The van der Waals surface area contributed by atoms with E-state index in [1.165, 1.54) is 4.31 Å². The molecule has 0 amide bonds. The molecule has 2 aliphatic heterocycles. The van der Waals surface area contributed by atoms with Crippen LogP contribution in [0.4, 0.5) is 0 Å². The van der Waals surface area contributed by atoms with Crippen LogP contribution in [0.5, 0.6) is 0 Å². The predicted molar refractivity (Wildman–Crippen MR) is 67.3 cm³/mol. The smallest absolute Gasteiger partial charge is 0.279 e. The van der Waals surface area contributed by atoms with Crippen molar-refractivity contribution in [1.29, 1.82) is 0 Å². The lowest BCUT2D eigenvalue weighted by Crippen LogP contribution is -2.50. The Morgan fingerprint density at radius 1 is 1.28 bits per heavy atom. The van der Waals surface area contributed by atoms with Gasteiger partial charge in [0, 0.05) is 39.0 Å². The summed E-state index contributed by atoms with van der Waals surface area (Å²) in [4.78, 5) is 0. The van der Waals surface area contributed by atoms with Crippen LogP contribution in [-0.4, -0.2) is 56.8 Å². The Hall–Kier alpha value is -0.210. The van der Waals surface area contributed by atoms with Gasteiger partial charge in [0.25, 0.3) is 10.2 Å². The highest BCUT2D eigenvalue weighted by Gasteiger charge is 2.30. The van der Waals surface area contributed by atoms with E-state index in [-0.39, 0.29) is 18.6 Å². The molecule has 2 saturated heterocycles. The highest BCUT2D eigenvalue weighted by Crippen LogP contribution is 2.19. The Morgan fingerprint density at radius 2 is 2.00 bits per heavy atom. The van der Waals surface area contributed by atoms with Gasteiger partial charge in [-0.3, -0.25) is 0 Å². The Kier molecular flexibility index (Phi) is 4.97. The summed E-state index contributed by atoms with van der Waals surface area (Å²) < 4.78 is 33.8. The SMILES string of the molecule is O=S(=O)(NC1CCOCC1)N1CCCC(CO)C1. The summed E-state index contributed by atoms with van der Waals surface area (Å²) in [5, 5.41) is 9.14. The summed E-state index contributed by atoms with van der Waals surface area (Å²) in [6, 6.07) is -0.0155. The lowest BCUT2D eigenvalue weighted by Gasteiger charge is -2.33. The molecule has 6 nitrogen and oxygen atoms in total. The van der Waals surface area contributed by atoms with E-state index in [0.29, 0.717) is 26.3 Å². The number of ether oxygens (including phenoxy) is 1. The minimum Gasteiger partial charge on any atom is -0.396 e. The van der Waals surface area contributed by atoms with Crippen molar-refractivity contribution in [1.82, 2.24) is 9.03 Å². The fourth-order valence-corrected chi connectivity index (χ4v) is 4.08. The Labute approximate surface area is 108 Å². The van der Waals surface area contributed by atoms with E-state index in [1.54, 1.807) is 0 Å². The van der Waals surface area contributed by atoms with Crippen LogP contribution in [0.25, 0.3) is 0 Å². The number of aliphatic hydroxyl groups excluding tert-OH is 1. The van der Waals surface area contributed by atoms with Crippen molar-refractivity contribution in [2.45, 2.75) is 31.7 Å². The second-order valence-electron chi connectivity index (χ2n) is 5.06. The maximum Gasteiger partial charge on any atom is 0.279 e. The molecule has 0 spiro atoms. The number of hydrogen-bond donors (Lipinski definition) is 2. The van der Waals surface area contributed by atoms with Gasteiger partial charge in [-0.25, -0.2) is 0 Å². The van der Waals surface area contributed by atoms with E-state index in [4.69, 9.17) is 9.84 Å². The number of nitrogens with zero attached hydrogens (tertiary/aromatic N) is 1. The molecule has 106 valence electrons. The minimum absolute atomic E-state index is 0.0155. The quantitative estimate of drug-likeness (QED) is 0.740. The Bertz CT molecular complexity index is 354. The first-order valence-electron chi connectivity index (χ1n) is 6.58. The molecule has 1 atom stereocenters. The molecular formula is C11H22N2O4S. The van der Waals surface area contributed by atoms with Gasteiger partial charge < -0.3 is 9.84 Å². The van der Waals surface area contributed by atoms with E-state index in [9.17, 15) is 8.42 Å². The third-order valence-electron chi connectivity index (χ3n) is 3.62. The molecule has 0 bridgehead atoms. The van der Waals surface area contributed by atoms with E-state index >= 15 is 0 Å². The van der Waals surface area contributed by atoms with Crippen molar-refractivity contribution in [2.75, 3.05) is 32.9 Å². The van der Waals surface area contributed by atoms with Gasteiger partial charge in [-0.2, -0.15) is 17.4 Å². The summed E-state index contributed by atoms with van der Waals surface area (Å²) in [5.41, 5.74) is 0. The first kappa shape index (κ1) is 14.2. The number of aliphatic hydroxyl groups is 1. The van der Waals surface area contributed by atoms with Crippen LogP contribution in [0.1, 0.15) is 25.7 Å². The summed E-state index contributed by atoms with van der Waals surface area (Å²) in [7, 11) is -3.41. The molecule has 2 heterocycles. The maximum absolute atomic E-state index is 12.2. The molecule has 0 radical (unpaired) electrons. The van der Waals surface area contributed by atoms with E-state index in [2.05, 4.69) is 4.72 Å². The monoisotopic (exact) mass is 278 g/mol. The van der Waals surface area contributed by atoms with Crippen molar-refractivity contribution >= 4 is 10.2 Å². The van der Waals surface area contributed by atoms with Gasteiger partial charge in [0.15, 0.2) is 0 Å². The number of piperidine rings is 1. The highest BCUT2D eigenvalue weighted by molar-refractivity contribution is 7.87. The molecule has 18 heavy (non-hydrogen) atoms. The molecule has 2 aliphatic rings. The van der Waals surface area contributed by atoms with Gasteiger partial charge in [-0.1, -0.05) is 0 Å². The average molecular weight is 278 g/mol. The molecule has 0 aromatic heterocycles. The first-order valence-corrected chi connectivity index (χ1v) is 8.02. The van der Waals surface area contributed by atoms with Crippen LogP contribution in [-0.2, 0) is 14.9 Å². The lowest BCUT2D eigenvalue weighted by atomic mass is 10.0. The van der Waals surface area contributed by atoms with Crippen LogP contribution in [0.2, 0.25) is 0 Å². The van der Waals surface area contributed by atoms with E-state index in [1.807, 2.05) is 0 Å². The van der Waals surface area contributed by atoms with Crippen molar-refractivity contribution < 1.29 is 18.3 Å². The highest BCUT2D eigenvalue weighted by atomic mass is 32.2. The minimum atomic E-state index is -3.41. The normalized spacial score (nSPS) is 28.4. The number of rotatable bonds is 4. The zero-order chi connectivity index (χ0) is 13.0. The molecule has 7 heteroatoms. The third kappa shape index (κ3) is 3.64. The Morgan fingerprint density at radius 3 is 2.67 bits per heavy atom. The number of nitrogens with one attached hydrogen (secondary N) is 1.